The van der Waals surface area contributed by atoms with Gasteiger partial charge in [0.2, 0.25) is 5.88 Å². The Morgan fingerprint density at radius 2 is 2.10 bits per heavy atom. The molecule has 2 unspecified atom stereocenters. The molecule has 0 aliphatic carbocycles. The lowest BCUT2D eigenvalue weighted by Crippen LogP contribution is -2.33. The van der Waals surface area contributed by atoms with Crippen LogP contribution in [0.25, 0.3) is 0 Å². The Bertz CT molecular complexity index is 516. The van der Waals surface area contributed by atoms with Crippen molar-refractivity contribution in [3.8, 4) is 5.88 Å². The van der Waals surface area contributed by atoms with Crippen molar-refractivity contribution in [2.24, 2.45) is 0 Å². The fraction of sp³-hybridized carbons (Fsp3) is 0.467. The smallest absolute Gasteiger partial charge is 0.245 e. The highest BCUT2D eigenvalue weighted by molar-refractivity contribution is 6.99. The molecule has 5 nitrogen and oxygen atoms in total. The van der Waals surface area contributed by atoms with E-state index in [9.17, 15) is 5.11 Å². The predicted molar refractivity (Wildman–Crippen MR) is 83.6 cm³/mol. The minimum Gasteiger partial charge on any atom is -0.473 e. The molecule has 0 saturated carbocycles. The highest BCUT2D eigenvalue weighted by atomic mass is 32.1. The first-order valence-electron chi connectivity index (χ1n) is 7.09. The van der Waals surface area contributed by atoms with E-state index in [1.54, 1.807) is 6.20 Å². The second-order valence-corrected chi connectivity index (χ2v) is 5.49. The molecule has 2 N–H and O–H groups in total. The third-order valence-electron chi connectivity index (χ3n) is 3.31. The Hall–Kier alpha value is -1.50. The molecule has 0 radical (unpaired) electrons. The first-order valence-corrected chi connectivity index (χ1v) is 7.82. The number of hydrogen-bond acceptors (Lipinski definition) is 6. The van der Waals surface area contributed by atoms with Crippen molar-refractivity contribution in [3.05, 3.63) is 41.6 Å². The van der Waals surface area contributed by atoms with Gasteiger partial charge in [-0.25, -0.2) is 0 Å². The van der Waals surface area contributed by atoms with Crippen LogP contribution in [0.3, 0.4) is 0 Å². The maximum Gasteiger partial charge on any atom is 0.245 e. The van der Waals surface area contributed by atoms with Gasteiger partial charge in [-0.2, -0.15) is 4.37 Å². The largest absolute Gasteiger partial charge is 0.473 e. The Labute approximate surface area is 129 Å². The fourth-order valence-corrected chi connectivity index (χ4v) is 2.30. The topological polar surface area (TPSA) is 67.3 Å². The van der Waals surface area contributed by atoms with Crippen LogP contribution >= 0.6 is 11.7 Å². The Kier molecular flexibility index (Phi) is 6.10. The minimum absolute atomic E-state index is 0.187. The van der Waals surface area contributed by atoms with Gasteiger partial charge in [-0.15, -0.1) is 4.37 Å². The van der Waals surface area contributed by atoms with Crippen molar-refractivity contribution < 1.29 is 9.84 Å². The third kappa shape index (κ3) is 5.08. The summed E-state index contributed by atoms with van der Waals surface area (Å²) < 4.78 is 13.1. The average molecular weight is 307 g/mol. The zero-order chi connectivity index (χ0) is 15.1. The number of aromatic nitrogens is 2. The number of aliphatic hydroxyl groups is 1. The van der Waals surface area contributed by atoms with Crippen LogP contribution in [0.4, 0.5) is 0 Å². The number of ether oxygens (including phenoxy) is 1. The van der Waals surface area contributed by atoms with Crippen LogP contribution in [0, 0.1) is 0 Å². The molecule has 21 heavy (non-hydrogen) atoms. The van der Waals surface area contributed by atoms with Crippen LogP contribution < -0.4 is 10.1 Å². The Balaban J connectivity index is 1.73. The van der Waals surface area contributed by atoms with Gasteiger partial charge < -0.3 is 15.2 Å². The molecule has 1 heterocycles. The van der Waals surface area contributed by atoms with E-state index in [4.69, 9.17) is 4.74 Å². The summed E-state index contributed by atoms with van der Waals surface area (Å²) in [5.41, 5.74) is 2.54. The molecule has 2 atom stereocenters. The molecule has 0 aliphatic heterocycles. The molecule has 0 aliphatic rings. The number of benzene rings is 1. The van der Waals surface area contributed by atoms with Crippen LogP contribution in [-0.2, 0) is 6.42 Å². The molecule has 0 bridgehead atoms. The zero-order valence-electron chi connectivity index (χ0n) is 12.3. The second kappa shape index (κ2) is 8.07. The van der Waals surface area contributed by atoms with E-state index in [2.05, 4.69) is 52.2 Å². The zero-order valence-corrected chi connectivity index (χ0v) is 13.1. The highest BCUT2D eigenvalue weighted by Crippen LogP contribution is 2.13. The summed E-state index contributed by atoms with van der Waals surface area (Å²) in [5.74, 6) is 0.460. The van der Waals surface area contributed by atoms with Crippen LogP contribution in [0.2, 0.25) is 0 Å². The van der Waals surface area contributed by atoms with Crippen molar-refractivity contribution in [2.75, 3.05) is 13.2 Å². The lowest BCUT2D eigenvalue weighted by molar-refractivity contribution is 0.102. The summed E-state index contributed by atoms with van der Waals surface area (Å²) in [6.07, 6.45) is 2.01. The van der Waals surface area contributed by atoms with Crippen molar-refractivity contribution in [2.45, 2.75) is 32.4 Å². The number of rotatable bonds is 8. The number of hydrogen-bond donors (Lipinski definition) is 2. The molecule has 1 aromatic carbocycles. The molecule has 0 amide bonds. The minimum atomic E-state index is -0.580. The van der Waals surface area contributed by atoms with E-state index in [1.807, 2.05) is 0 Å². The molecule has 0 spiro atoms. The molecule has 1 aromatic heterocycles. The van der Waals surface area contributed by atoms with Crippen LogP contribution in [-0.4, -0.2) is 33.1 Å². The summed E-state index contributed by atoms with van der Waals surface area (Å²) in [5, 5.41) is 13.2. The lowest BCUT2D eigenvalue weighted by atomic mass is 10.0. The van der Waals surface area contributed by atoms with Gasteiger partial charge in [0.15, 0.2) is 0 Å². The van der Waals surface area contributed by atoms with Crippen molar-refractivity contribution in [1.82, 2.24) is 14.1 Å². The van der Waals surface area contributed by atoms with Crippen molar-refractivity contribution in [1.29, 1.82) is 0 Å². The molecule has 0 saturated heterocycles. The molecule has 0 fully saturated rings. The molecule has 2 rings (SSSR count). The van der Waals surface area contributed by atoms with Gasteiger partial charge in [0, 0.05) is 12.6 Å². The van der Waals surface area contributed by atoms with E-state index in [1.165, 1.54) is 11.1 Å². The van der Waals surface area contributed by atoms with E-state index < -0.39 is 6.10 Å². The molecular weight excluding hydrogens is 286 g/mol. The predicted octanol–water partition coefficient (Wildman–Crippen LogP) is 2.19. The molecular formula is C15H21N3O2S. The quantitative estimate of drug-likeness (QED) is 0.782. The van der Waals surface area contributed by atoms with Crippen LogP contribution in [0.1, 0.15) is 31.0 Å². The summed E-state index contributed by atoms with van der Waals surface area (Å²) in [6, 6.07) is 8.72. The highest BCUT2D eigenvalue weighted by Gasteiger charge is 2.10. The summed E-state index contributed by atoms with van der Waals surface area (Å²) >= 11 is 1.09. The van der Waals surface area contributed by atoms with Crippen molar-refractivity contribution in [3.63, 3.8) is 0 Å². The van der Waals surface area contributed by atoms with Gasteiger partial charge in [-0.05, 0) is 24.5 Å². The summed E-state index contributed by atoms with van der Waals surface area (Å²) in [7, 11) is 0. The maximum absolute atomic E-state index is 9.89. The third-order valence-corrected chi connectivity index (χ3v) is 3.77. The molecule has 6 heteroatoms. The maximum atomic E-state index is 9.89. The van der Waals surface area contributed by atoms with E-state index in [-0.39, 0.29) is 12.6 Å². The second-order valence-electron chi connectivity index (χ2n) is 4.94. The summed E-state index contributed by atoms with van der Waals surface area (Å²) in [6.45, 7) is 4.90. The van der Waals surface area contributed by atoms with Gasteiger partial charge in [0.05, 0.1) is 11.7 Å². The number of aryl methyl sites for hydroxylation is 1. The molecule has 2 aromatic rings. The van der Waals surface area contributed by atoms with E-state index in [0.717, 1.165) is 18.1 Å². The monoisotopic (exact) mass is 307 g/mol. The first-order chi connectivity index (χ1) is 10.2. The van der Waals surface area contributed by atoms with Crippen LogP contribution in [0.15, 0.2) is 30.5 Å². The van der Waals surface area contributed by atoms with Gasteiger partial charge in [0.1, 0.15) is 18.9 Å². The standard InChI is InChI=1S/C15H21N3O2S/c1-3-12-4-6-13(7-5-12)11(2)16-8-14(19)10-20-15-9-17-21-18-15/h4-7,9,11,14,16,19H,3,8,10H2,1-2H3. The summed E-state index contributed by atoms with van der Waals surface area (Å²) in [4.78, 5) is 0. The number of nitrogens with one attached hydrogen (secondary N) is 1. The van der Waals surface area contributed by atoms with Gasteiger partial charge in [-0.1, -0.05) is 31.2 Å². The van der Waals surface area contributed by atoms with E-state index >= 15 is 0 Å². The number of nitrogens with zero attached hydrogens (tertiary/aromatic N) is 2. The van der Waals surface area contributed by atoms with Crippen LogP contribution in [0.5, 0.6) is 5.88 Å². The normalized spacial score (nSPS) is 13.9. The average Bonchev–Trinajstić information content (AvgIpc) is 3.04. The van der Waals surface area contributed by atoms with E-state index in [0.29, 0.717) is 12.4 Å². The van der Waals surface area contributed by atoms with Gasteiger partial charge in [-0.3, -0.25) is 0 Å². The molecule has 114 valence electrons. The lowest BCUT2D eigenvalue weighted by Gasteiger charge is -2.17. The first kappa shape index (κ1) is 15.9. The van der Waals surface area contributed by atoms with Gasteiger partial charge in [0.25, 0.3) is 0 Å². The fourth-order valence-electron chi connectivity index (χ4n) is 1.93. The SMILES string of the molecule is CCc1ccc(C(C)NCC(O)COc2cnsn2)cc1. The Morgan fingerprint density at radius 1 is 1.33 bits per heavy atom. The van der Waals surface area contributed by atoms with Gasteiger partial charge >= 0.3 is 0 Å². The Morgan fingerprint density at radius 3 is 2.71 bits per heavy atom. The van der Waals surface area contributed by atoms with Crippen molar-refractivity contribution >= 4 is 11.7 Å². The number of aliphatic hydroxyl groups excluding tert-OH is 1.